The number of rotatable bonds is 4. The number of hydrogen-bond acceptors (Lipinski definition) is 5. The van der Waals surface area contributed by atoms with Crippen LogP contribution in [0, 0.1) is 5.92 Å². The van der Waals surface area contributed by atoms with E-state index in [-0.39, 0.29) is 0 Å². The van der Waals surface area contributed by atoms with Gasteiger partial charge >= 0.3 is 0 Å². The van der Waals surface area contributed by atoms with Crippen molar-refractivity contribution in [1.29, 1.82) is 0 Å². The zero-order chi connectivity index (χ0) is 8.97. The van der Waals surface area contributed by atoms with Gasteiger partial charge in [-0.25, -0.2) is 0 Å². The van der Waals surface area contributed by atoms with Gasteiger partial charge in [0.05, 0.1) is 0 Å². The summed E-state index contributed by atoms with van der Waals surface area (Å²) < 4.78 is 3.87. The monoisotopic (exact) mass is 186 g/mol. The van der Waals surface area contributed by atoms with E-state index in [1.165, 1.54) is 18.0 Å². The van der Waals surface area contributed by atoms with Gasteiger partial charge in [0.2, 0.25) is 11.1 Å². The summed E-state index contributed by atoms with van der Waals surface area (Å²) >= 11 is 1.30. The Hall–Kier alpha value is -0.840. The predicted molar refractivity (Wildman–Crippen MR) is 52.3 cm³/mol. The number of nitrogens with zero attached hydrogens (tertiary/aromatic N) is 2. The Bertz CT molecular complexity index is 235. The molecular formula is C7H14N4S. The van der Waals surface area contributed by atoms with Crippen LogP contribution in [0.5, 0.6) is 0 Å². The molecule has 0 fully saturated rings. The summed E-state index contributed by atoms with van der Waals surface area (Å²) in [5.74, 6) is 1.02. The van der Waals surface area contributed by atoms with Gasteiger partial charge in [0.1, 0.15) is 0 Å². The molecule has 0 aliphatic rings. The number of nitrogens with one attached hydrogen (secondary N) is 1. The molecule has 1 unspecified atom stereocenters. The summed E-state index contributed by atoms with van der Waals surface area (Å²) in [7, 11) is 0. The molecule has 0 saturated heterocycles. The molecule has 68 valence electrons. The van der Waals surface area contributed by atoms with E-state index in [9.17, 15) is 0 Å². The maximum Gasteiger partial charge on any atom is 0.233 e. The first-order valence-corrected chi connectivity index (χ1v) is 4.82. The Morgan fingerprint density at radius 2 is 2.42 bits per heavy atom. The molecule has 12 heavy (non-hydrogen) atoms. The molecule has 5 heteroatoms. The molecule has 0 saturated carbocycles. The van der Waals surface area contributed by atoms with Crippen molar-refractivity contribution in [3.63, 3.8) is 0 Å². The van der Waals surface area contributed by atoms with Crippen molar-refractivity contribution in [2.45, 2.75) is 20.3 Å². The smallest absolute Gasteiger partial charge is 0.233 e. The van der Waals surface area contributed by atoms with Gasteiger partial charge in [0.15, 0.2) is 0 Å². The minimum atomic E-state index is 0.353. The fourth-order valence-corrected chi connectivity index (χ4v) is 1.22. The van der Waals surface area contributed by atoms with Crippen LogP contribution in [-0.4, -0.2) is 15.9 Å². The van der Waals surface area contributed by atoms with Gasteiger partial charge in [0, 0.05) is 18.1 Å². The molecule has 1 heterocycles. The minimum Gasteiger partial charge on any atom is -0.367 e. The average Bonchev–Trinajstić information content (AvgIpc) is 2.47. The Morgan fingerprint density at radius 1 is 1.67 bits per heavy atom. The van der Waals surface area contributed by atoms with E-state index < -0.39 is 0 Å². The van der Waals surface area contributed by atoms with E-state index in [4.69, 9.17) is 5.73 Å². The number of nitrogens with two attached hydrogens (primary N) is 1. The molecule has 0 aromatic carbocycles. The van der Waals surface area contributed by atoms with Gasteiger partial charge < -0.3 is 11.1 Å². The van der Waals surface area contributed by atoms with Crippen LogP contribution in [0.2, 0.25) is 0 Å². The van der Waals surface area contributed by atoms with Crippen molar-refractivity contribution in [3.8, 4) is 0 Å². The second-order valence-electron chi connectivity index (χ2n) is 2.85. The van der Waals surface area contributed by atoms with Crippen molar-refractivity contribution in [2.75, 3.05) is 17.6 Å². The molecule has 0 spiro atoms. The topological polar surface area (TPSA) is 63.8 Å². The Morgan fingerprint density at radius 3 is 2.92 bits per heavy atom. The third-order valence-corrected chi connectivity index (χ3v) is 2.43. The van der Waals surface area contributed by atoms with Crippen LogP contribution in [-0.2, 0) is 0 Å². The number of anilines is 2. The molecule has 0 bridgehead atoms. The summed E-state index contributed by atoms with van der Waals surface area (Å²) in [6, 6.07) is 0. The van der Waals surface area contributed by atoms with Crippen LogP contribution in [0.4, 0.5) is 11.1 Å². The van der Waals surface area contributed by atoms with Crippen LogP contribution >= 0.6 is 11.5 Å². The standard InChI is InChI=1S/C7H14N4S/c1-3-5(2)4-9-7-10-6(8)11-12-7/h5H,3-4H2,1-2H3,(H3,8,9,10,11). The summed E-state index contributed by atoms with van der Waals surface area (Å²) in [5.41, 5.74) is 5.37. The molecule has 0 radical (unpaired) electrons. The third kappa shape index (κ3) is 2.65. The first-order valence-electron chi connectivity index (χ1n) is 4.05. The third-order valence-electron chi connectivity index (χ3n) is 1.74. The first-order chi connectivity index (χ1) is 5.72. The average molecular weight is 186 g/mol. The van der Waals surface area contributed by atoms with Crippen molar-refractivity contribution in [1.82, 2.24) is 9.36 Å². The van der Waals surface area contributed by atoms with Gasteiger partial charge in [-0.2, -0.15) is 9.36 Å². The van der Waals surface area contributed by atoms with Crippen LogP contribution in [0.25, 0.3) is 0 Å². The van der Waals surface area contributed by atoms with Crippen molar-refractivity contribution in [3.05, 3.63) is 0 Å². The molecule has 4 nitrogen and oxygen atoms in total. The number of nitrogen functional groups attached to an aromatic ring is 1. The molecule has 1 aromatic heterocycles. The maximum atomic E-state index is 5.37. The van der Waals surface area contributed by atoms with Crippen molar-refractivity contribution < 1.29 is 0 Å². The van der Waals surface area contributed by atoms with Gasteiger partial charge in [-0.1, -0.05) is 20.3 Å². The maximum absolute atomic E-state index is 5.37. The fraction of sp³-hybridized carbons (Fsp3) is 0.714. The van der Waals surface area contributed by atoms with Gasteiger partial charge in [-0.3, -0.25) is 0 Å². The second kappa shape index (κ2) is 4.25. The summed E-state index contributed by atoms with van der Waals surface area (Å²) in [6.07, 6.45) is 1.17. The Labute approximate surface area is 76.4 Å². The Balaban J connectivity index is 2.33. The van der Waals surface area contributed by atoms with Crippen molar-refractivity contribution >= 4 is 22.6 Å². The van der Waals surface area contributed by atoms with Gasteiger partial charge in [-0.15, -0.1) is 0 Å². The van der Waals surface area contributed by atoms with E-state index in [1.807, 2.05) is 0 Å². The van der Waals surface area contributed by atoms with Crippen LogP contribution in [0.15, 0.2) is 0 Å². The molecule has 1 aromatic rings. The highest BCUT2D eigenvalue weighted by molar-refractivity contribution is 7.09. The summed E-state index contributed by atoms with van der Waals surface area (Å²) in [4.78, 5) is 3.99. The lowest BCUT2D eigenvalue weighted by molar-refractivity contribution is 0.593. The molecular weight excluding hydrogens is 172 g/mol. The molecule has 3 N–H and O–H groups in total. The first kappa shape index (κ1) is 9.25. The quantitative estimate of drug-likeness (QED) is 0.749. The van der Waals surface area contributed by atoms with Gasteiger partial charge in [0.25, 0.3) is 0 Å². The largest absolute Gasteiger partial charge is 0.367 e. The van der Waals surface area contributed by atoms with Crippen LogP contribution in [0.1, 0.15) is 20.3 Å². The second-order valence-corrected chi connectivity index (χ2v) is 3.60. The van der Waals surface area contributed by atoms with E-state index in [2.05, 4.69) is 28.5 Å². The Kier molecular flexibility index (Phi) is 3.28. The minimum absolute atomic E-state index is 0.353. The van der Waals surface area contributed by atoms with E-state index in [1.54, 1.807) is 0 Å². The molecule has 1 atom stereocenters. The highest BCUT2D eigenvalue weighted by atomic mass is 32.1. The lowest BCUT2D eigenvalue weighted by atomic mass is 10.1. The lowest BCUT2D eigenvalue weighted by Crippen LogP contribution is -2.09. The van der Waals surface area contributed by atoms with E-state index in [0.717, 1.165) is 11.7 Å². The number of aromatic nitrogens is 2. The highest BCUT2D eigenvalue weighted by Crippen LogP contribution is 2.12. The zero-order valence-electron chi connectivity index (χ0n) is 7.37. The van der Waals surface area contributed by atoms with E-state index >= 15 is 0 Å². The zero-order valence-corrected chi connectivity index (χ0v) is 8.19. The van der Waals surface area contributed by atoms with Crippen molar-refractivity contribution in [2.24, 2.45) is 5.92 Å². The van der Waals surface area contributed by atoms with Crippen LogP contribution < -0.4 is 11.1 Å². The molecule has 0 aliphatic heterocycles. The summed E-state index contributed by atoms with van der Waals surface area (Å²) in [5, 5.41) is 3.99. The predicted octanol–water partition coefficient (Wildman–Crippen LogP) is 1.58. The highest BCUT2D eigenvalue weighted by Gasteiger charge is 2.01. The fourth-order valence-electron chi connectivity index (χ4n) is 0.713. The SMILES string of the molecule is CCC(C)CNc1nc(N)ns1. The molecule has 1 rings (SSSR count). The van der Waals surface area contributed by atoms with Gasteiger partial charge in [-0.05, 0) is 5.92 Å². The summed E-state index contributed by atoms with van der Waals surface area (Å²) in [6.45, 7) is 5.29. The lowest BCUT2D eigenvalue weighted by Gasteiger charge is -2.07. The molecule has 0 amide bonds. The van der Waals surface area contributed by atoms with Crippen LogP contribution in [0.3, 0.4) is 0 Å². The number of hydrogen-bond donors (Lipinski definition) is 2. The molecule has 0 aliphatic carbocycles. The van der Waals surface area contributed by atoms with E-state index in [0.29, 0.717) is 11.9 Å². The normalized spacial score (nSPS) is 12.8.